The van der Waals surface area contributed by atoms with E-state index in [4.69, 9.17) is 21.4 Å². The zero-order valence-electron chi connectivity index (χ0n) is 12.2. The minimum absolute atomic E-state index is 0.0812. The summed E-state index contributed by atoms with van der Waals surface area (Å²) in [5, 5.41) is 9.12. The number of carbonyl (C=O) groups excluding carboxylic acids is 1. The molecule has 0 bridgehead atoms. The van der Waals surface area contributed by atoms with Gasteiger partial charge in [0.1, 0.15) is 5.75 Å². The summed E-state index contributed by atoms with van der Waals surface area (Å²) >= 11 is 5.87. The Morgan fingerprint density at radius 3 is 2.67 bits per heavy atom. The van der Waals surface area contributed by atoms with E-state index in [1.807, 2.05) is 13.8 Å². The molecule has 1 N–H and O–H groups in total. The number of hydrogen-bond donors (Lipinski definition) is 1. The maximum Gasteiger partial charge on any atom is 0.328 e. The molecule has 0 spiro atoms. The molecular weight excluding hydrogens is 294 g/mol. The third-order valence-electron chi connectivity index (χ3n) is 2.90. The quantitative estimate of drug-likeness (QED) is 0.820. The van der Waals surface area contributed by atoms with Gasteiger partial charge >= 0.3 is 5.97 Å². The molecule has 0 aliphatic rings. The fraction of sp³-hybridized carbons (Fsp3) is 0.333. The fourth-order valence-electron chi connectivity index (χ4n) is 1.47. The summed E-state index contributed by atoms with van der Waals surface area (Å²) < 4.78 is 5.46. The monoisotopic (exact) mass is 311 g/mol. The molecule has 0 aromatic heterocycles. The molecule has 1 aromatic carbocycles. The molecule has 21 heavy (non-hydrogen) atoms. The van der Waals surface area contributed by atoms with E-state index in [2.05, 4.69) is 0 Å². The number of benzene rings is 1. The summed E-state index contributed by atoms with van der Waals surface area (Å²) in [5.41, 5.74) is 0.505. The highest BCUT2D eigenvalue weighted by Crippen LogP contribution is 2.24. The summed E-state index contributed by atoms with van der Waals surface area (Å²) in [6.45, 7) is 3.69. The van der Waals surface area contributed by atoms with Gasteiger partial charge in [0.2, 0.25) is 0 Å². The number of amides is 1. The molecule has 0 saturated carbocycles. The molecule has 6 heteroatoms. The molecule has 0 aliphatic heterocycles. The van der Waals surface area contributed by atoms with E-state index >= 15 is 0 Å². The molecule has 0 heterocycles. The minimum atomic E-state index is -1.07. The van der Waals surface area contributed by atoms with Crippen molar-refractivity contribution in [2.75, 3.05) is 13.7 Å². The second kappa shape index (κ2) is 7.69. The maximum atomic E-state index is 11.9. The Balaban J connectivity index is 2.83. The number of likely N-dealkylation sites (N-methyl/N-ethyl adjacent to an activating group) is 1. The van der Waals surface area contributed by atoms with Crippen molar-refractivity contribution in [3.8, 4) is 5.75 Å². The predicted octanol–water partition coefficient (Wildman–Crippen LogP) is 2.68. The standard InChI is InChI=1S/C15H18ClNO4/c1-10(2)17(3)14(18)9-21-13-6-5-12(16)8-11(13)4-7-15(19)20/h4-8,10H,9H2,1-3H3,(H,19,20)/b7-4+. The maximum absolute atomic E-state index is 11.9. The smallest absolute Gasteiger partial charge is 0.328 e. The Morgan fingerprint density at radius 1 is 1.43 bits per heavy atom. The van der Waals surface area contributed by atoms with Crippen LogP contribution >= 0.6 is 11.6 Å². The summed E-state index contributed by atoms with van der Waals surface area (Å²) in [7, 11) is 1.70. The van der Waals surface area contributed by atoms with Gasteiger partial charge in [0, 0.05) is 29.8 Å². The van der Waals surface area contributed by atoms with Crippen molar-refractivity contribution in [2.24, 2.45) is 0 Å². The highest BCUT2D eigenvalue weighted by atomic mass is 35.5. The number of carbonyl (C=O) groups is 2. The predicted molar refractivity (Wildman–Crippen MR) is 81.5 cm³/mol. The summed E-state index contributed by atoms with van der Waals surface area (Å²) in [5.74, 6) is -0.827. The molecule has 5 nitrogen and oxygen atoms in total. The molecule has 0 fully saturated rings. The van der Waals surface area contributed by atoms with Gasteiger partial charge in [-0.1, -0.05) is 11.6 Å². The molecule has 0 aliphatic carbocycles. The number of nitrogens with zero attached hydrogens (tertiary/aromatic N) is 1. The molecule has 0 radical (unpaired) electrons. The van der Waals surface area contributed by atoms with Crippen molar-refractivity contribution in [2.45, 2.75) is 19.9 Å². The van der Waals surface area contributed by atoms with E-state index < -0.39 is 5.97 Å². The Hall–Kier alpha value is -2.01. The largest absolute Gasteiger partial charge is 0.483 e. The van der Waals surface area contributed by atoms with Crippen LogP contribution in [0.3, 0.4) is 0 Å². The highest BCUT2D eigenvalue weighted by Gasteiger charge is 2.13. The van der Waals surface area contributed by atoms with Crippen molar-refractivity contribution in [1.29, 1.82) is 0 Å². The first kappa shape index (κ1) is 17.0. The van der Waals surface area contributed by atoms with Crippen LogP contribution in [0.1, 0.15) is 19.4 Å². The lowest BCUT2D eigenvalue weighted by atomic mass is 10.2. The number of rotatable bonds is 6. The average Bonchev–Trinajstić information content (AvgIpc) is 2.42. The van der Waals surface area contributed by atoms with Gasteiger partial charge in [0.25, 0.3) is 5.91 Å². The van der Waals surface area contributed by atoms with Gasteiger partial charge < -0.3 is 14.7 Å². The Labute approximate surface area is 128 Å². The van der Waals surface area contributed by atoms with Crippen LogP contribution in [0.2, 0.25) is 5.02 Å². The fourth-order valence-corrected chi connectivity index (χ4v) is 1.65. The first-order valence-electron chi connectivity index (χ1n) is 6.40. The van der Waals surface area contributed by atoms with Gasteiger partial charge in [0.05, 0.1) is 0 Å². The Kier molecular flexibility index (Phi) is 6.24. The molecule has 0 atom stereocenters. The summed E-state index contributed by atoms with van der Waals surface area (Å²) in [6, 6.07) is 4.88. The van der Waals surface area contributed by atoms with Gasteiger partial charge in [0.15, 0.2) is 6.61 Å². The molecule has 1 aromatic rings. The lowest BCUT2D eigenvalue weighted by Gasteiger charge is -2.21. The van der Waals surface area contributed by atoms with Crippen LogP contribution in [0.15, 0.2) is 24.3 Å². The van der Waals surface area contributed by atoms with Gasteiger partial charge in [-0.15, -0.1) is 0 Å². The van der Waals surface area contributed by atoms with Crippen molar-refractivity contribution in [1.82, 2.24) is 4.90 Å². The minimum Gasteiger partial charge on any atom is -0.483 e. The third-order valence-corrected chi connectivity index (χ3v) is 3.13. The van der Waals surface area contributed by atoms with Gasteiger partial charge in [-0.05, 0) is 38.1 Å². The zero-order chi connectivity index (χ0) is 16.0. The normalized spacial score (nSPS) is 10.9. The van der Waals surface area contributed by atoms with Gasteiger partial charge in [-0.3, -0.25) is 4.79 Å². The van der Waals surface area contributed by atoms with Gasteiger partial charge in [-0.25, -0.2) is 4.79 Å². The van der Waals surface area contributed by atoms with E-state index in [0.717, 1.165) is 6.08 Å². The van der Waals surface area contributed by atoms with Crippen LogP contribution in [0.25, 0.3) is 6.08 Å². The number of halogens is 1. The lowest BCUT2D eigenvalue weighted by molar-refractivity contribution is -0.133. The van der Waals surface area contributed by atoms with Gasteiger partial charge in [-0.2, -0.15) is 0 Å². The van der Waals surface area contributed by atoms with E-state index in [0.29, 0.717) is 16.3 Å². The Morgan fingerprint density at radius 2 is 2.10 bits per heavy atom. The van der Waals surface area contributed by atoms with E-state index in [1.165, 1.54) is 6.08 Å². The number of carboxylic acids is 1. The third kappa shape index (κ3) is 5.47. The van der Waals surface area contributed by atoms with Crippen molar-refractivity contribution < 1.29 is 19.4 Å². The number of ether oxygens (including phenoxy) is 1. The second-order valence-corrected chi connectivity index (χ2v) is 5.18. The number of carboxylic acid groups (broad SMARTS) is 1. The van der Waals surface area contributed by atoms with Crippen LogP contribution < -0.4 is 4.74 Å². The molecule has 1 rings (SSSR count). The lowest BCUT2D eigenvalue weighted by Crippen LogP contribution is -2.36. The molecular formula is C15H18ClNO4. The highest BCUT2D eigenvalue weighted by molar-refractivity contribution is 6.30. The van der Waals surface area contributed by atoms with Crippen molar-refractivity contribution in [3.05, 3.63) is 34.9 Å². The van der Waals surface area contributed by atoms with Crippen LogP contribution in [-0.4, -0.2) is 41.6 Å². The van der Waals surface area contributed by atoms with E-state index in [1.54, 1.807) is 30.1 Å². The zero-order valence-corrected chi connectivity index (χ0v) is 12.9. The average molecular weight is 312 g/mol. The number of hydrogen-bond acceptors (Lipinski definition) is 3. The SMILES string of the molecule is CC(C)N(C)C(=O)COc1ccc(Cl)cc1/C=C/C(=O)O. The molecule has 0 unspecified atom stereocenters. The summed E-state index contributed by atoms with van der Waals surface area (Å²) in [6.07, 6.45) is 2.36. The molecule has 0 saturated heterocycles. The molecule has 1 amide bonds. The Bertz CT molecular complexity index is 555. The van der Waals surface area contributed by atoms with Crippen LogP contribution in [0.4, 0.5) is 0 Å². The summed E-state index contributed by atoms with van der Waals surface area (Å²) in [4.78, 5) is 24.0. The first-order chi connectivity index (χ1) is 9.81. The topological polar surface area (TPSA) is 66.8 Å². The van der Waals surface area contributed by atoms with Crippen molar-refractivity contribution >= 4 is 29.6 Å². The van der Waals surface area contributed by atoms with Crippen LogP contribution in [-0.2, 0) is 9.59 Å². The second-order valence-electron chi connectivity index (χ2n) is 4.74. The van der Waals surface area contributed by atoms with Crippen LogP contribution in [0, 0.1) is 0 Å². The van der Waals surface area contributed by atoms with E-state index in [9.17, 15) is 9.59 Å². The van der Waals surface area contributed by atoms with Crippen LogP contribution in [0.5, 0.6) is 5.75 Å². The first-order valence-corrected chi connectivity index (χ1v) is 6.78. The van der Waals surface area contributed by atoms with Crippen molar-refractivity contribution in [3.63, 3.8) is 0 Å². The number of aliphatic carboxylic acids is 1. The molecule has 114 valence electrons. The van der Waals surface area contributed by atoms with E-state index in [-0.39, 0.29) is 18.6 Å².